The molecule has 2 amide bonds. The van der Waals surface area contributed by atoms with Gasteiger partial charge in [0.1, 0.15) is 6.54 Å². The SMILES string of the molecule is O=C(Nc1cnn(CC(F)(F)F)c1)N1CCCN2c3ccccc3CC2C1. The zero-order valence-corrected chi connectivity index (χ0v) is 14.6. The standard InChI is InChI=1S/C18H20F3N5O/c19-18(20,21)12-25-10-14(9-22-25)23-17(27)24-6-3-7-26-15(11-24)8-13-4-1-2-5-16(13)26/h1-2,4-5,9-10,15H,3,6-8,11-12H2,(H,23,27). The molecule has 4 rings (SSSR count). The first-order valence-corrected chi connectivity index (χ1v) is 8.89. The van der Waals surface area contributed by atoms with Gasteiger partial charge in [0, 0.05) is 31.5 Å². The predicted molar refractivity (Wildman–Crippen MR) is 94.8 cm³/mol. The highest BCUT2D eigenvalue weighted by Crippen LogP contribution is 2.33. The summed E-state index contributed by atoms with van der Waals surface area (Å²) in [4.78, 5) is 16.7. The lowest BCUT2D eigenvalue weighted by molar-refractivity contribution is -0.142. The number of benzene rings is 1. The Morgan fingerprint density at radius 3 is 2.89 bits per heavy atom. The van der Waals surface area contributed by atoms with Crippen LogP contribution in [-0.4, -0.2) is 52.6 Å². The van der Waals surface area contributed by atoms with Crippen LogP contribution in [-0.2, 0) is 13.0 Å². The summed E-state index contributed by atoms with van der Waals surface area (Å²) < 4.78 is 38.0. The highest BCUT2D eigenvalue weighted by atomic mass is 19.4. The molecule has 144 valence electrons. The van der Waals surface area contributed by atoms with Gasteiger partial charge in [-0.1, -0.05) is 18.2 Å². The third kappa shape index (κ3) is 3.86. The van der Waals surface area contributed by atoms with E-state index in [4.69, 9.17) is 0 Å². The number of carbonyl (C=O) groups excluding carboxylic acids is 1. The van der Waals surface area contributed by atoms with Crippen LogP contribution in [0, 0.1) is 0 Å². The highest BCUT2D eigenvalue weighted by molar-refractivity contribution is 5.89. The number of anilines is 2. The zero-order valence-electron chi connectivity index (χ0n) is 14.6. The highest BCUT2D eigenvalue weighted by Gasteiger charge is 2.34. The van der Waals surface area contributed by atoms with Crippen LogP contribution in [0.15, 0.2) is 36.7 Å². The van der Waals surface area contributed by atoms with Crippen LogP contribution in [0.4, 0.5) is 29.3 Å². The number of urea groups is 1. The Bertz CT molecular complexity index is 834. The molecule has 1 saturated heterocycles. The third-order valence-corrected chi connectivity index (χ3v) is 4.97. The Balaban J connectivity index is 1.40. The molecule has 3 heterocycles. The summed E-state index contributed by atoms with van der Waals surface area (Å²) in [5, 5.41) is 6.32. The van der Waals surface area contributed by atoms with E-state index >= 15 is 0 Å². The van der Waals surface area contributed by atoms with Crippen molar-refractivity contribution < 1.29 is 18.0 Å². The molecule has 1 unspecified atom stereocenters. The second kappa shape index (κ2) is 6.79. The minimum atomic E-state index is -4.35. The maximum atomic E-state index is 12.6. The van der Waals surface area contributed by atoms with Gasteiger partial charge in [-0.05, 0) is 24.5 Å². The molecule has 1 N–H and O–H groups in total. The molecule has 0 spiro atoms. The summed E-state index contributed by atoms with van der Waals surface area (Å²) in [7, 11) is 0. The monoisotopic (exact) mass is 379 g/mol. The van der Waals surface area contributed by atoms with Crippen molar-refractivity contribution in [2.45, 2.75) is 31.6 Å². The maximum Gasteiger partial charge on any atom is 0.408 e. The van der Waals surface area contributed by atoms with E-state index in [1.807, 2.05) is 12.1 Å². The Labute approximate surface area is 154 Å². The van der Waals surface area contributed by atoms with Crippen LogP contribution < -0.4 is 10.2 Å². The number of halogens is 3. The average molecular weight is 379 g/mol. The number of alkyl halides is 3. The van der Waals surface area contributed by atoms with Crippen LogP contribution in [0.2, 0.25) is 0 Å². The molecule has 2 aliphatic rings. The van der Waals surface area contributed by atoms with Gasteiger partial charge in [0.2, 0.25) is 0 Å². The zero-order chi connectivity index (χ0) is 19.0. The Morgan fingerprint density at radius 2 is 2.07 bits per heavy atom. The molecule has 0 aliphatic carbocycles. The van der Waals surface area contributed by atoms with Crippen LogP contribution in [0.25, 0.3) is 0 Å². The molecule has 27 heavy (non-hydrogen) atoms. The molecule has 0 saturated carbocycles. The molecule has 1 aromatic heterocycles. The van der Waals surface area contributed by atoms with Gasteiger partial charge in [0.25, 0.3) is 0 Å². The molecule has 1 aromatic carbocycles. The lowest BCUT2D eigenvalue weighted by Crippen LogP contribution is -2.43. The van der Waals surface area contributed by atoms with Gasteiger partial charge >= 0.3 is 12.2 Å². The molecule has 0 bridgehead atoms. The number of rotatable bonds is 2. The molecule has 6 nitrogen and oxygen atoms in total. The molecule has 9 heteroatoms. The predicted octanol–water partition coefficient (Wildman–Crippen LogP) is 3.11. The van der Waals surface area contributed by atoms with Crippen molar-refractivity contribution in [1.82, 2.24) is 14.7 Å². The van der Waals surface area contributed by atoms with Crippen molar-refractivity contribution in [3.05, 3.63) is 42.2 Å². The quantitative estimate of drug-likeness (QED) is 0.872. The Morgan fingerprint density at radius 1 is 1.26 bits per heavy atom. The van der Waals surface area contributed by atoms with Crippen LogP contribution in [0.3, 0.4) is 0 Å². The fraction of sp³-hybridized carbons (Fsp3) is 0.444. The lowest BCUT2D eigenvalue weighted by atomic mass is 10.1. The first kappa shape index (κ1) is 17.7. The molecular weight excluding hydrogens is 359 g/mol. The van der Waals surface area contributed by atoms with Gasteiger partial charge in [-0.25, -0.2) is 4.79 Å². The van der Waals surface area contributed by atoms with Crippen molar-refractivity contribution in [2.24, 2.45) is 0 Å². The Hall–Kier alpha value is -2.71. The van der Waals surface area contributed by atoms with E-state index in [-0.39, 0.29) is 17.8 Å². The average Bonchev–Trinajstić information content (AvgIpc) is 3.10. The van der Waals surface area contributed by atoms with Crippen molar-refractivity contribution in [2.75, 3.05) is 29.9 Å². The fourth-order valence-corrected chi connectivity index (χ4v) is 3.85. The topological polar surface area (TPSA) is 53.4 Å². The summed E-state index contributed by atoms with van der Waals surface area (Å²) >= 11 is 0. The summed E-state index contributed by atoms with van der Waals surface area (Å²) in [6.07, 6.45) is -0.186. The number of para-hydroxylation sites is 1. The fourth-order valence-electron chi connectivity index (χ4n) is 3.85. The number of aromatic nitrogens is 2. The summed E-state index contributed by atoms with van der Waals surface area (Å²) in [6, 6.07) is 8.19. The molecule has 2 aromatic rings. The van der Waals surface area contributed by atoms with E-state index in [1.54, 1.807) is 4.90 Å². The molecule has 1 atom stereocenters. The second-order valence-electron chi connectivity index (χ2n) is 6.95. The van der Waals surface area contributed by atoms with Gasteiger partial charge < -0.3 is 15.1 Å². The van der Waals surface area contributed by atoms with E-state index in [0.29, 0.717) is 13.1 Å². The van der Waals surface area contributed by atoms with Gasteiger partial charge in [0.05, 0.1) is 17.9 Å². The van der Waals surface area contributed by atoms with Crippen molar-refractivity contribution in [3.8, 4) is 0 Å². The molecule has 2 aliphatic heterocycles. The van der Waals surface area contributed by atoms with Crippen molar-refractivity contribution >= 4 is 17.4 Å². The summed E-state index contributed by atoms with van der Waals surface area (Å²) in [5.74, 6) is 0. The number of fused-ring (bicyclic) bond motifs is 3. The Kier molecular flexibility index (Phi) is 4.45. The second-order valence-corrected chi connectivity index (χ2v) is 6.95. The van der Waals surface area contributed by atoms with Crippen molar-refractivity contribution in [3.63, 3.8) is 0 Å². The van der Waals surface area contributed by atoms with Gasteiger partial charge in [-0.2, -0.15) is 18.3 Å². The first-order valence-electron chi connectivity index (χ1n) is 8.89. The van der Waals surface area contributed by atoms with Gasteiger partial charge in [0.15, 0.2) is 0 Å². The maximum absolute atomic E-state index is 12.6. The van der Waals surface area contributed by atoms with E-state index in [1.165, 1.54) is 23.6 Å². The number of nitrogens with zero attached hydrogens (tertiary/aromatic N) is 4. The lowest BCUT2D eigenvalue weighted by Gasteiger charge is -2.27. The minimum Gasteiger partial charge on any atom is -0.366 e. The van der Waals surface area contributed by atoms with E-state index in [9.17, 15) is 18.0 Å². The number of hydrogen-bond donors (Lipinski definition) is 1. The van der Waals surface area contributed by atoms with E-state index in [0.717, 1.165) is 24.1 Å². The van der Waals surface area contributed by atoms with Crippen LogP contribution in [0.5, 0.6) is 0 Å². The normalized spacial score (nSPS) is 19.4. The van der Waals surface area contributed by atoms with Gasteiger partial charge in [-0.3, -0.25) is 4.68 Å². The number of amides is 2. The van der Waals surface area contributed by atoms with Crippen molar-refractivity contribution in [1.29, 1.82) is 0 Å². The number of nitrogens with one attached hydrogen (secondary N) is 1. The number of carbonyl (C=O) groups is 1. The summed E-state index contributed by atoms with van der Waals surface area (Å²) in [5.41, 5.74) is 2.79. The van der Waals surface area contributed by atoms with E-state index in [2.05, 4.69) is 27.4 Å². The van der Waals surface area contributed by atoms with Gasteiger partial charge in [-0.15, -0.1) is 0 Å². The first-order chi connectivity index (χ1) is 12.9. The van der Waals surface area contributed by atoms with Crippen LogP contribution in [0.1, 0.15) is 12.0 Å². The van der Waals surface area contributed by atoms with E-state index < -0.39 is 12.7 Å². The summed E-state index contributed by atoms with van der Waals surface area (Å²) in [6.45, 7) is 0.895. The minimum absolute atomic E-state index is 0.226. The smallest absolute Gasteiger partial charge is 0.366 e. The molecule has 0 radical (unpaired) electrons. The van der Waals surface area contributed by atoms with Crippen LogP contribution >= 0.6 is 0 Å². The largest absolute Gasteiger partial charge is 0.408 e. The molecular formula is C18H20F3N5O. The molecule has 1 fully saturated rings. The number of hydrogen-bond acceptors (Lipinski definition) is 3. The third-order valence-electron chi connectivity index (χ3n) is 4.97.